The minimum atomic E-state index is -0.750. The van der Waals surface area contributed by atoms with Crippen molar-refractivity contribution in [3.05, 3.63) is 46.3 Å². The number of carbonyl (C=O) groups excluding carboxylic acids is 1. The molecule has 0 bridgehead atoms. The number of nitrogens with two attached hydrogens (primary N) is 1. The molecule has 0 aliphatic carbocycles. The maximum absolute atomic E-state index is 11.5. The van der Waals surface area contributed by atoms with Crippen LogP contribution >= 0.6 is 0 Å². The molecule has 4 N–H and O–H groups in total. The molecule has 1 amide bonds. The number of aromatic nitrogens is 2. The molecule has 1 heterocycles. The Bertz CT molecular complexity index is 779. The smallest absolute Gasteiger partial charge is 0.271 e. The number of anilines is 3. The molecule has 1 aromatic heterocycles. The van der Waals surface area contributed by atoms with Gasteiger partial charge in [-0.15, -0.1) is 0 Å². The molecule has 0 aliphatic heterocycles. The first-order chi connectivity index (χ1) is 11.9. The van der Waals surface area contributed by atoms with Crippen LogP contribution in [0.1, 0.15) is 10.5 Å². The lowest BCUT2D eigenvalue weighted by Gasteiger charge is -2.13. The summed E-state index contributed by atoms with van der Waals surface area (Å²) in [4.78, 5) is 32.2. The van der Waals surface area contributed by atoms with Gasteiger partial charge in [-0.25, -0.2) is 9.97 Å². The number of carbonyl (C=O) groups is 1. The van der Waals surface area contributed by atoms with Crippen LogP contribution in [-0.4, -0.2) is 52.9 Å². The van der Waals surface area contributed by atoms with Crippen molar-refractivity contribution >= 4 is 28.9 Å². The number of nitro benzene ring substituents is 1. The summed E-state index contributed by atoms with van der Waals surface area (Å²) in [6.07, 6.45) is 1.41. The minimum Gasteiger partial charge on any atom is -0.367 e. The van der Waals surface area contributed by atoms with Crippen LogP contribution in [0.4, 0.5) is 23.0 Å². The molecule has 0 saturated carbocycles. The van der Waals surface area contributed by atoms with Crippen LogP contribution in [0.25, 0.3) is 0 Å². The molecule has 0 radical (unpaired) electrons. The highest BCUT2D eigenvalue weighted by Gasteiger charge is 2.14. The van der Waals surface area contributed by atoms with Crippen molar-refractivity contribution < 1.29 is 9.72 Å². The monoisotopic (exact) mass is 345 g/mol. The number of non-ortho nitro benzene ring substituents is 1. The van der Waals surface area contributed by atoms with E-state index in [1.807, 2.05) is 19.0 Å². The number of hydrogen-bond donors (Lipinski definition) is 3. The highest BCUT2D eigenvalue weighted by molar-refractivity contribution is 5.96. The summed E-state index contributed by atoms with van der Waals surface area (Å²) in [6, 6.07) is 5.84. The summed E-state index contributed by atoms with van der Waals surface area (Å²) in [5.74, 6) is -0.164. The molecule has 25 heavy (non-hydrogen) atoms. The van der Waals surface area contributed by atoms with Crippen molar-refractivity contribution in [2.45, 2.75) is 0 Å². The summed E-state index contributed by atoms with van der Waals surface area (Å²) in [5.41, 5.74) is 5.58. The molecule has 10 nitrogen and oxygen atoms in total. The number of benzene rings is 1. The van der Waals surface area contributed by atoms with Gasteiger partial charge in [-0.1, -0.05) is 6.07 Å². The van der Waals surface area contributed by atoms with Gasteiger partial charge in [0.25, 0.3) is 11.6 Å². The van der Waals surface area contributed by atoms with Crippen molar-refractivity contribution in [3.8, 4) is 0 Å². The van der Waals surface area contributed by atoms with Crippen LogP contribution in [0.3, 0.4) is 0 Å². The lowest BCUT2D eigenvalue weighted by atomic mass is 10.2. The number of nitrogens with one attached hydrogen (secondary N) is 2. The van der Waals surface area contributed by atoms with Crippen molar-refractivity contribution in [2.24, 2.45) is 5.73 Å². The van der Waals surface area contributed by atoms with Gasteiger partial charge in [0.1, 0.15) is 5.82 Å². The van der Waals surface area contributed by atoms with Gasteiger partial charge in [0.2, 0.25) is 0 Å². The van der Waals surface area contributed by atoms with E-state index in [0.29, 0.717) is 18.1 Å². The molecule has 0 unspecified atom stereocenters. The molecular weight excluding hydrogens is 326 g/mol. The third-order valence-electron chi connectivity index (χ3n) is 3.19. The molecule has 0 spiro atoms. The molecule has 0 atom stereocenters. The number of primary amides is 1. The second-order valence-electron chi connectivity index (χ2n) is 5.48. The average Bonchev–Trinajstić information content (AvgIpc) is 2.54. The van der Waals surface area contributed by atoms with E-state index < -0.39 is 10.8 Å². The van der Waals surface area contributed by atoms with Gasteiger partial charge in [0, 0.05) is 30.9 Å². The molecule has 0 fully saturated rings. The van der Waals surface area contributed by atoms with Crippen molar-refractivity contribution in [3.63, 3.8) is 0 Å². The third kappa shape index (κ3) is 5.11. The van der Waals surface area contributed by atoms with Crippen LogP contribution < -0.4 is 16.4 Å². The Kier molecular flexibility index (Phi) is 5.79. The van der Waals surface area contributed by atoms with Crippen LogP contribution in [0.15, 0.2) is 30.5 Å². The number of amides is 1. The van der Waals surface area contributed by atoms with Crippen molar-refractivity contribution in [1.82, 2.24) is 14.9 Å². The normalized spacial score (nSPS) is 10.5. The number of likely N-dealkylation sites (N-methyl/N-ethyl adjacent to an activating group) is 1. The second-order valence-corrected chi connectivity index (χ2v) is 5.48. The third-order valence-corrected chi connectivity index (χ3v) is 3.19. The highest BCUT2D eigenvalue weighted by atomic mass is 16.6. The molecule has 2 rings (SSSR count). The van der Waals surface area contributed by atoms with E-state index >= 15 is 0 Å². The van der Waals surface area contributed by atoms with Gasteiger partial charge in [0.05, 0.1) is 11.1 Å². The van der Waals surface area contributed by atoms with E-state index in [-0.39, 0.29) is 17.2 Å². The molecule has 2 aromatic rings. The lowest BCUT2D eigenvalue weighted by Crippen LogP contribution is -2.22. The fraction of sp³-hybridized carbons (Fsp3) is 0.267. The zero-order chi connectivity index (χ0) is 18.4. The fourth-order valence-electron chi connectivity index (χ4n) is 1.98. The number of rotatable bonds is 8. The summed E-state index contributed by atoms with van der Waals surface area (Å²) < 4.78 is 0. The first-order valence-corrected chi connectivity index (χ1v) is 7.43. The average molecular weight is 345 g/mol. The van der Waals surface area contributed by atoms with E-state index in [4.69, 9.17) is 5.73 Å². The van der Waals surface area contributed by atoms with Gasteiger partial charge in [-0.3, -0.25) is 14.9 Å². The predicted octanol–water partition coefficient (Wildman–Crippen LogP) is 1.20. The summed E-state index contributed by atoms with van der Waals surface area (Å²) in [7, 11) is 3.89. The van der Waals surface area contributed by atoms with E-state index in [9.17, 15) is 14.9 Å². The maximum atomic E-state index is 11.5. The zero-order valence-electron chi connectivity index (χ0n) is 13.9. The molecule has 10 heteroatoms. The SMILES string of the molecule is CN(C)CCNc1cnc(C(N)=O)c(Nc2cccc([N+](=O)[O-])c2)n1. The van der Waals surface area contributed by atoms with Gasteiger partial charge >= 0.3 is 0 Å². The molecule has 0 aliphatic rings. The van der Waals surface area contributed by atoms with Gasteiger partial charge in [-0.2, -0.15) is 0 Å². The number of nitro groups is 1. The predicted molar refractivity (Wildman–Crippen MR) is 94.0 cm³/mol. The summed E-state index contributed by atoms with van der Waals surface area (Å²) in [5, 5.41) is 16.8. The van der Waals surface area contributed by atoms with E-state index in [2.05, 4.69) is 20.6 Å². The van der Waals surface area contributed by atoms with E-state index in [1.54, 1.807) is 6.07 Å². The largest absolute Gasteiger partial charge is 0.367 e. The zero-order valence-corrected chi connectivity index (χ0v) is 13.9. The minimum absolute atomic E-state index is 0.0512. The summed E-state index contributed by atoms with van der Waals surface area (Å²) in [6.45, 7) is 1.42. The molecule has 132 valence electrons. The standard InChI is InChI=1S/C15H19N7O3/c1-21(2)7-6-17-12-9-18-13(14(16)23)15(20-12)19-10-4-3-5-11(8-10)22(24)25/h3-5,8-9H,6-7H2,1-2H3,(H2,16,23)(H2,17,19,20). The molecule has 1 aromatic carbocycles. The Labute approximate surface area is 144 Å². The maximum Gasteiger partial charge on any atom is 0.271 e. The molecule has 0 saturated heterocycles. The number of hydrogen-bond acceptors (Lipinski definition) is 8. The van der Waals surface area contributed by atoms with E-state index in [0.717, 1.165) is 6.54 Å². The molecular formula is C15H19N7O3. The first-order valence-electron chi connectivity index (χ1n) is 7.43. The van der Waals surface area contributed by atoms with Crippen LogP contribution in [0.5, 0.6) is 0 Å². The Morgan fingerprint density at radius 3 is 2.80 bits per heavy atom. The quantitative estimate of drug-likeness (QED) is 0.479. The topological polar surface area (TPSA) is 139 Å². The van der Waals surface area contributed by atoms with Crippen molar-refractivity contribution in [2.75, 3.05) is 37.8 Å². The van der Waals surface area contributed by atoms with E-state index in [1.165, 1.54) is 24.4 Å². The van der Waals surface area contributed by atoms with Crippen LogP contribution in [0, 0.1) is 10.1 Å². The van der Waals surface area contributed by atoms with Crippen molar-refractivity contribution in [1.29, 1.82) is 0 Å². The summed E-state index contributed by atoms with van der Waals surface area (Å²) >= 11 is 0. The van der Waals surface area contributed by atoms with Gasteiger partial charge < -0.3 is 21.3 Å². The van der Waals surface area contributed by atoms with Crippen LogP contribution in [-0.2, 0) is 0 Å². The fourth-order valence-corrected chi connectivity index (χ4v) is 1.98. The first kappa shape index (κ1) is 18.1. The number of nitrogens with zero attached hydrogens (tertiary/aromatic N) is 4. The Morgan fingerprint density at radius 2 is 2.16 bits per heavy atom. The second kappa shape index (κ2) is 8.02. The van der Waals surface area contributed by atoms with Crippen LogP contribution in [0.2, 0.25) is 0 Å². The highest BCUT2D eigenvalue weighted by Crippen LogP contribution is 2.22. The Balaban J connectivity index is 2.25. The Morgan fingerprint density at radius 1 is 1.40 bits per heavy atom. The van der Waals surface area contributed by atoms with Gasteiger partial charge in [0.15, 0.2) is 11.5 Å². The Hall–Kier alpha value is -3.27. The van der Waals surface area contributed by atoms with Gasteiger partial charge in [-0.05, 0) is 20.2 Å². The lowest BCUT2D eigenvalue weighted by molar-refractivity contribution is -0.384.